The van der Waals surface area contributed by atoms with Crippen molar-refractivity contribution in [2.24, 2.45) is 5.92 Å². The summed E-state index contributed by atoms with van der Waals surface area (Å²) in [6, 6.07) is 5.02. The van der Waals surface area contributed by atoms with Gasteiger partial charge in [-0.2, -0.15) is 0 Å². The number of nitrogens with zero attached hydrogens (tertiary/aromatic N) is 2. The molecule has 4 rings (SSSR count). The van der Waals surface area contributed by atoms with Crippen LogP contribution >= 0.6 is 15.9 Å². The number of hydrogen-bond acceptors (Lipinski definition) is 2. The van der Waals surface area contributed by atoms with Crippen LogP contribution in [0.5, 0.6) is 0 Å². The molecule has 3 aliphatic rings. The zero-order chi connectivity index (χ0) is 11.0. The maximum Gasteiger partial charge on any atom is 0.106 e. The Morgan fingerprint density at radius 2 is 2.12 bits per heavy atom. The van der Waals surface area contributed by atoms with Crippen LogP contribution in [0.15, 0.2) is 22.9 Å². The second-order valence-corrected chi connectivity index (χ2v) is 5.87. The molecule has 3 fully saturated rings. The fraction of sp³-hybridized carbons (Fsp3) is 0.615. The molecule has 1 aromatic rings. The van der Waals surface area contributed by atoms with Gasteiger partial charge in [-0.05, 0) is 72.3 Å². The van der Waals surface area contributed by atoms with E-state index in [1.54, 1.807) is 0 Å². The van der Waals surface area contributed by atoms with Gasteiger partial charge >= 0.3 is 0 Å². The van der Waals surface area contributed by atoms with Gasteiger partial charge in [0.2, 0.25) is 0 Å². The Balaban J connectivity index is 1.68. The van der Waals surface area contributed by atoms with Crippen molar-refractivity contribution in [1.29, 1.82) is 0 Å². The average molecular weight is 281 g/mol. The Kier molecular flexibility index (Phi) is 2.99. The second kappa shape index (κ2) is 4.46. The number of hydrogen-bond donors (Lipinski definition) is 0. The van der Waals surface area contributed by atoms with Crippen LogP contribution in [0.2, 0.25) is 0 Å². The summed E-state index contributed by atoms with van der Waals surface area (Å²) in [4.78, 5) is 6.97. The summed E-state index contributed by atoms with van der Waals surface area (Å²) >= 11 is 3.38. The van der Waals surface area contributed by atoms with E-state index in [1.165, 1.54) is 44.3 Å². The first-order chi connectivity index (χ1) is 7.81. The van der Waals surface area contributed by atoms with Gasteiger partial charge in [0.1, 0.15) is 4.60 Å². The summed E-state index contributed by atoms with van der Waals surface area (Å²) in [5.74, 6) is 0.999. The van der Waals surface area contributed by atoms with E-state index < -0.39 is 0 Å². The molecular weight excluding hydrogens is 264 g/mol. The van der Waals surface area contributed by atoms with E-state index in [0.29, 0.717) is 0 Å². The molecule has 86 valence electrons. The Bertz CT molecular complexity index is 355. The van der Waals surface area contributed by atoms with E-state index in [1.807, 2.05) is 12.3 Å². The highest BCUT2D eigenvalue weighted by Gasteiger charge is 2.33. The minimum absolute atomic E-state index is 0.774. The molecular formula is C13H17BrN2. The highest BCUT2D eigenvalue weighted by Crippen LogP contribution is 2.33. The lowest BCUT2D eigenvalue weighted by Gasteiger charge is -2.45. The van der Waals surface area contributed by atoms with E-state index in [0.717, 1.165) is 16.6 Å². The molecule has 3 heteroatoms. The fourth-order valence-corrected chi connectivity index (χ4v) is 3.33. The molecule has 2 bridgehead atoms. The maximum absolute atomic E-state index is 4.30. The van der Waals surface area contributed by atoms with Gasteiger partial charge in [0, 0.05) is 12.2 Å². The maximum atomic E-state index is 4.30. The molecule has 0 spiro atoms. The topological polar surface area (TPSA) is 16.1 Å². The summed E-state index contributed by atoms with van der Waals surface area (Å²) < 4.78 is 0.932. The summed E-state index contributed by atoms with van der Waals surface area (Å²) in [5, 5.41) is 0. The Labute approximate surface area is 105 Å². The van der Waals surface area contributed by atoms with Crippen LogP contribution < -0.4 is 0 Å². The van der Waals surface area contributed by atoms with E-state index >= 15 is 0 Å². The van der Waals surface area contributed by atoms with Gasteiger partial charge in [-0.1, -0.05) is 6.07 Å². The Hall–Kier alpha value is -0.410. The molecule has 0 radical (unpaired) electrons. The highest BCUT2D eigenvalue weighted by atomic mass is 79.9. The predicted octanol–water partition coefficient (Wildman–Crippen LogP) is 2.87. The molecule has 3 aliphatic heterocycles. The summed E-state index contributed by atoms with van der Waals surface area (Å²) in [6.07, 6.45) is 7.44. The number of pyridine rings is 1. The number of piperidine rings is 3. The first kappa shape index (κ1) is 10.7. The van der Waals surface area contributed by atoms with Gasteiger partial charge in [-0.15, -0.1) is 0 Å². The van der Waals surface area contributed by atoms with Gasteiger partial charge in [-0.25, -0.2) is 4.98 Å². The van der Waals surface area contributed by atoms with Crippen LogP contribution in [0.25, 0.3) is 0 Å². The highest BCUT2D eigenvalue weighted by molar-refractivity contribution is 9.10. The summed E-state index contributed by atoms with van der Waals surface area (Å²) in [6.45, 7) is 2.64. The van der Waals surface area contributed by atoms with Gasteiger partial charge in [0.25, 0.3) is 0 Å². The van der Waals surface area contributed by atoms with E-state index in [2.05, 4.69) is 31.9 Å². The molecule has 2 nitrogen and oxygen atoms in total. The molecule has 0 aromatic carbocycles. The zero-order valence-corrected chi connectivity index (χ0v) is 11.0. The average Bonchev–Trinajstić information content (AvgIpc) is 2.34. The molecule has 1 unspecified atom stereocenters. The monoisotopic (exact) mass is 280 g/mol. The molecule has 0 N–H and O–H groups in total. The molecule has 4 heterocycles. The van der Waals surface area contributed by atoms with Crippen molar-refractivity contribution in [3.8, 4) is 0 Å². The second-order valence-electron chi connectivity index (χ2n) is 5.06. The lowest BCUT2D eigenvalue weighted by Crippen LogP contribution is -2.49. The van der Waals surface area contributed by atoms with Gasteiger partial charge in [-0.3, -0.25) is 0 Å². The lowest BCUT2D eigenvalue weighted by molar-refractivity contribution is 0.0498. The third kappa shape index (κ3) is 2.16. The van der Waals surface area contributed by atoms with Crippen molar-refractivity contribution < 1.29 is 0 Å². The molecule has 16 heavy (non-hydrogen) atoms. The lowest BCUT2D eigenvalue weighted by atomic mass is 9.81. The van der Waals surface area contributed by atoms with E-state index in [-0.39, 0.29) is 0 Å². The zero-order valence-electron chi connectivity index (χ0n) is 9.40. The van der Waals surface area contributed by atoms with Gasteiger partial charge < -0.3 is 4.90 Å². The standard InChI is InChI=1S/C13H17BrN2/c14-13-2-1-11(9-15-13)8-12-7-10-3-5-16(12)6-4-10/h1-2,9-10,12H,3-8H2. The Morgan fingerprint density at radius 1 is 1.31 bits per heavy atom. The Morgan fingerprint density at radius 3 is 2.69 bits per heavy atom. The van der Waals surface area contributed by atoms with Crippen LogP contribution in [0.3, 0.4) is 0 Å². The molecule has 0 amide bonds. The van der Waals surface area contributed by atoms with Crippen molar-refractivity contribution in [2.45, 2.75) is 31.7 Å². The first-order valence-electron chi connectivity index (χ1n) is 6.16. The predicted molar refractivity (Wildman–Crippen MR) is 68.3 cm³/mol. The summed E-state index contributed by atoms with van der Waals surface area (Å²) in [7, 11) is 0. The third-order valence-electron chi connectivity index (χ3n) is 4.03. The number of fused-ring (bicyclic) bond motifs is 3. The number of rotatable bonds is 2. The van der Waals surface area contributed by atoms with Crippen LogP contribution in [-0.2, 0) is 6.42 Å². The smallest absolute Gasteiger partial charge is 0.106 e. The van der Waals surface area contributed by atoms with Crippen molar-refractivity contribution in [1.82, 2.24) is 9.88 Å². The van der Waals surface area contributed by atoms with Crippen molar-refractivity contribution in [3.63, 3.8) is 0 Å². The molecule has 1 aromatic heterocycles. The van der Waals surface area contributed by atoms with Crippen molar-refractivity contribution in [2.75, 3.05) is 13.1 Å². The molecule has 0 saturated carbocycles. The van der Waals surface area contributed by atoms with Gasteiger partial charge in [0.05, 0.1) is 0 Å². The molecule has 0 aliphatic carbocycles. The molecule has 3 saturated heterocycles. The van der Waals surface area contributed by atoms with Crippen molar-refractivity contribution >= 4 is 15.9 Å². The normalized spacial score (nSPS) is 32.9. The number of halogens is 1. The SMILES string of the molecule is Brc1ccc(CC2CC3CCN2CC3)cn1. The first-order valence-corrected chi connectivity index (χ1v) is 6.95. The molecule has 1 atom stereocenters. The number of aromatic nitrogens is 1. The van der Waals surface area contributed by atoms with Crippen LogP contribution in [0.4, 0.5) is 0 Å². The minimum atomic E-state index is 0.774. The van der Waals surface area contributed by atoms with Crippen LogP contribution in [-0.4, -0.2) is 29.0 Å². The summed E-state index contributed by atoms with van der Waals surface area (Å²) in [5.41, 5.74) is 1.38. The van der Waals surface area contributed by atoms with Crippen LogP contribution in [0, 0.1) is 5.92 Å². The van der Waals surface area contributed by atoms with E-state index in [4.69, 9.17) is 0 Å². The third-order valence-corrected chi connectivity index (χ3v) is 4.50. The van der Waals surface area contributed by atoms with Gasteiger partial charge in [0.15, 0.2) is 0 Å². The minimum Gasteiger partial charge on any atom is -0.300 e. The van der Waals surface area contributed by atoms with Crippen molar-refractivity contribution in [3.05, 3.63) is 28.5 Å². The fourth-order valence-electron chi connectivity index (χ4n) is 3.10. The van der Waals surface area contributed by atoms with Crippen LogP contribution in [0.1, 0.15) is 24.8 Å². The quantitative estimate of drug-likeness (QED) is 0.775. The largest absolute Gasteiger partial charge is 0.300 e. The van der Waals surface area contributed by atoms with E-state index in [9.17, 15) is 0 Å².